The summed E-state index contributed by atoms with van der Waals surface area (Å²) in [6.07, 6.45) is 0.155. The minimum absolute atomic E-state index is 0.155. The van der Waals surface area contributed by atoms with Crippen LogP contribution in [0.5, 0.6) is 0 Å². The summed E-state index contributed by atoms with van der Waals surface area (Å²) in [5, 5.41) is 8.26. The Bertz CT molecular complexity index is 170. The van der Waals surface area contributed by atoms with Crippen molar-refractivity contribution >= 4 is 17.6 Å². The van der Waals surface area contributed by atoms with Crippen molar-refractivity contribution < 1.29 is 9.90 Å². The molecular weight excluding hydrogens is 154 g/mol. The first kappa shape index (κ1) is 9.28. The maximum atomic E-state index is 10.1. The van der Waals surface area contributed by atoms with Gasteiger partial charge in [-0.25, -0.2) is 0 Å². The second kappa shape index (κ2) is 5.10. The highest BCUT2D eigenvalue weighted by Gasteiger charge is 2.07. The van der Waals surface area contributed by atoms with E-state index in [9.17, 15) is 4.79 Å². The van der Waals surface area contributed by atoms with Gasteiger partial charge in [0.15, 0.2) is 0 Å². The third-order valence-corrected chi connectivity index (χ3v) is 0.965. The van der Waals surface area contributed by atoms with Crippen LogP contribution in [0, 0.1) is 11.8 Å². The largest absolute Gasteiger partial charge is 0.480 e. The molecule has 0 aliphatic heterocycles. The maximum absolute atomic E-state index is 10.1. The summed E-state index contributed by atoms with van der Waals surface area (Å²) in [5.74, 6) is 4.21. The lowest BCUT2D eigenvalue weighted by Crippen LogP contribution is -2.29. The number of nitrogens with two attached hydrogens (primary N) is 1. The Morgan fingerprint density at radius 1 is 1.70 bits per heavy atom. The van der Waals surface area contributed by atoms with Crippen LogP contribution in [0.3, 0.4) is 0 Å². The third-order valence-electron chi connectivity index (χ3n) is 0.831. The lowest BCUT2D eigenvalue weighted by Gasteiger charge is -1.97. The van der Waals surface area contributed by atoms with Gasteiger partial charge in [-0.2, -0.15) is 0 Å². The van der Waals surface area contributed by atoms with Crippen LogP contribution in [0.1, 0.15) is 6.42 Å². The van der Waals surface area contributed by atoms with Crippen molar-refractivity contribution in [3.8, 4) is 11.8 Å². The number of alkyl halides is 1. The molecule has 0 aromatic heterocycles. The van der Waals surface area contributed by atoms with Gasteiger partial charge < -0.3 is 10.8 Å². The minimum atomic E-state index is -1.04. The first-order valence-electron chi connectivity index (χ1n) is 2.68. The molecule has 0 radical (unpaired) electrons. The molecule has 0 aliphatic carbocycles. The Morgan fingerprint density at radius 2 is 2.30 bits per heavy atom. The van der Waals surface area contributed by atoms with E-state index in [1.807, 2.05) is 0 Å². The van der Waals surface area contributed by atoms with Crippen LogP contribution < -0.4 is 5.73 Å². The van der Waals surface area contributed by atoms with Gasteiger partial charge in [0, 0.05) is 6.42 Å². The number of carboxylic acid groups (broad SMARTS) is 1. The molecule has 0 spiro atoms. The lowest BCUT2D eigenvalue weighted by molar-refractivity contribution is -0.138. The Kier molecular flexibility index (Phi) is 4.73. The van der Waals surface area contributed by atoms with E-state index < -0.39 is 12.0 Å². The highest BCUT2D eigenvalue weighted by Crippen LogP contribution is 1.84. The molecule has 0 saturated carbocycles. The molecule has 0 amide bonds. The van der Waals surface area contributed by atoms with Gasteiger partial charge in [0.05, 0.1) is 5.88 Å². The van der Waals surface area contributed by atoms with Crippen molar-refractivity contribution in [2.24, 2.45) is 5.73 Å². The maximum Gasteiger partial charge on any atom is 0.321 e. The average molecular weight is 162 g/mol. The van der Waals surface area contributed by atoms with Gasteiger partial charge in [0.1, 0.15) is 6.04 Å². The number of carbonyl (C=O) groups is 1. The van der Waals surface area contributed by atoms with Crippen molar-refractivity contribution in [2.45, 2.75) is 12.5 Å². The fourth-order valence-electron chi connectivity index (χ4n) is 0.317. The highest BCUT2D eigenvalue weighted by molar-refractivity contribution is 6.19. The van der Waals surface area contributed by atoms with E-state index >= 15 is 0 Å². The van der Waals surface area contributed by atoms with E-state index in [1.165, 1.54) is 0 Å². The molecule has 0 aromatic carbocycles. The Labute approximate surface area is 64.2 Å². The molecule has 0 saturated heterocycles. The van der Waals surface area contributed by atoms with Crippen LogP contribution in [-0.2, 0) is 4.79 Å². The fourth-order valence-corrected chi connectivity index (χ4v) is 0.411. The zero-order valence-electron chi connectivity index (χ0n) is 5.30. The second-order valence-electron chi connectivity index (χ2n) is 1.64. The van der Waals surface area contributed by atoms with E-state index in [1.54, 1.807) is 0 Å². The van der Waals surface area contributed by atoms with Gasteiger partial charge in [0.25, 0.3) is 0 Å². The third kappa shape index (κ3) is 4.19. The predicted molar refractivity (Wildman–Crippen MR) is 38.7 cm³/mol. The first-order chi connectivity index (χ1) is 4.68. The number of aliphatic carboxylic acids is 1. The van der Waals surface area contributed by atoms with Crippen LogP contribution in [0.2, 0.25) is 0 Å². The van der Waals surface area contributed by atoms with E-state index in [-0.39, 0.29) is 12.3 Å². The van der Waals surface area contributed by atoms with Crippen molar-refractivity contribution in [2.75, 3.05) is 5.88 Å². The minimum Gasteiger partial charge on any atom is -0.480 e. The van der Waals surface area contributed by atoms with Crippen LogP contribution in [-0.4, -0.2) is 23.0 Å². The van der Waals surface area contributed by atoms with Crippen LogP contribution in [0.25, 0.3) is 0 Å². The summed E-state index contributed by atoms with van der Waals surface area (Å²) in [4.78, 5) is 10.1. The molecule has 0 bridgehead atoms. The molecule has 0 rings (SSSR count). The Morgan fingerprint density at radius 3 is 2.70 bits per heavy atom. The van der Waals surface area contributed by atoms with E-state index in [4.69, 9.17) is 22.4 Å². The zero-order valence-corrected chi connectivity index (χ0v) is 6.06. The summed E-state index contributed by atoms with van der Waals surface area (Å²) >= 11 is 5.20. The van der Waals surface area contributed by atoms with Gasteiger partial charge in [-0.15, -0.1) is 11.6 Å². The normalized spacial score (nSPS) is 11.4. The highest BCUT2D eigenvalue weighted by atomic mass is 35.5. The molecule has 0 aliphatic rings. The van der Waals surface area contributed by atoms with Gasteiger partial charge >= 0.3 is 5.97 Å². The standard InChI is InChI=1S/C6H8ClNO2/c7-4-2-1-3-5(8)6(9)10/h5H,3-4,8H2,(H,9,10). The van der Waals surface area contributed by atoms with E-state index in [2.05, 4.69) is 11.8 Å². The number of halogens is 1. The lowest BCUT2D eigenvalue weighted by atomic mass is 10.2. The molecule has 4 heteroatoms. The first-order valence-corrected chi connectivity index (χ1v) is 3.22. The van der Waals surface area contributed by atoms with Gasteiger partial charge in [-0.1, -0.05) is 11.8 Å². The van der Waals surface area contributed by atoms with Crippen LogP contribution in [0.15, 0.2) is 0 Å². The van der Waals surface area contributed by atoms with Gasteiger partial charge in [-0.05, 0) is 0 Å². The molecule has 0 aromatic rings. The van der Waals surface area contributed by atoms with Crippen LogP contribution >= 0.6 is 11.6 Å². The molecule has 0 fully saturated rings. The molecule has 0 heterocycles. The van der Waals surface area contributed by atoms with Crippen molar-refractivity contribution in [3.63, 3.8) is 0 Å². The van der Waals surface area contributed by atoms with Crippen LogP contribution in [0.4, 0.5) is 0 Å². The Hall–Kier alpha value is -0.720. The van der Waals surface area contributed by atoms with Gasteiger partial charge in [-0.3, -0.25) is 4.79 Å². The quantitative estimate of drug-likeness (QED) is 0.444. The number of rotatable bonds is 2. The van der Waals surface area contributed by atoms with Crippen molar-refractivity contribution in [3.05, 3.63) is 0 Å². The number of hydrogen-bond donors (Lipinski definition) is 2. The summed E-state index contributed by atoms with van der Waals surface area (Å²) in [6, 6.07) is -0.893. The molecule has 3 nitrogen and oxygen atoms in total. The summed E-state index contributed by atoms with van der Waals surface area (Å²) < 4.78 is 0. The summed E-state index contributed by atoms with van der Waals surface area (Å²) in [5.41, 5.74) is 5.11. The van der Waals surface area contributed by atoms with E-state index in [0.29, 0.717) is 0 Å². The smallest absolute Gasteiger partial charge is 0.321 e. The fraction of sp³-hybridized carbons (Fsp3) is 0.500. The molecule has 1 unspecified atom stereocenters. The SMILES string of the molecule is NC(CC#CCCl)C(=O)O. The van der Waals surface area contributed by atoms with Crippen molar-refractivity contribution in [1.82, 2.24) is 0 Å². The predicted octanol–water partition coefficient (Wildman–Crippen LogP) is 0.0306. The second-order valence-corrected chi connectivity index (χ2v) is 1.90. The zero-order chi connectivity index (χ0) is 7.98. The molecule has 56 valence electrons. The average Bonchev–Trinajstić information content (AvgIpc) is 1.88. The number of carboxylic acids is 1. The van der Waals surface area contributed by atoms with E-state index in [0.717, 1.165) is 0 Å². The Balaban J connectivity index is 3.58. The summed E-state index contributed by atoms with van der Waals surface area (Å²) in [6.45, 7) is 0. The van der Waals surface area contributed by atoms with Crippen molar-refractivity contribution in [1.29, 1.82) is 0 Å². The molecule has 1 atom stereocenters. The molecule has 10 heavy (non-hydrogen) atoms. The topological polar surface area (TPSA) is 63.3 Å². The summed E-state index contributed by atoms with van der Waals surface area (Å²) in [7, 11) is 0. The molecular formula is C6H8ClNO2. The van der Waals surface area contributed by atoms with Gasteiger partial charge in [0.2, 0.25) is 0 Å². The number of hydrogen-bond acceptors (Lipinski definition) is 2. The molecule has 3 N–H and O–H groups in total. The monoisotopic (exact) mass is 161 g/mol.